The van der Waals surface area contributed by atoms with Crippen molar-refractivity contribution < 1.29 is 18.7 Å². The lowest BCUT2D eigenvalue weighted by molar-refractivity contribution is -0.132. The number of hydrogen-bond donors (Lipinski definition) is 0. The Kier molecular flexibility index (Phi) is 4.37. The summed E-state index contributed by atoms with van der Waals surface area (Å²) in [6.45, 7) is 2.94. The van der Waals surface area contributed by atoms with Crippen LogP contribution in [0.2, 0.25) is 0 Å². The third kappa shape index (κ3) is 3.09. The predicted octanol–water partition coefficient (Wildman–Crippen LogP) is 3.35. The number of amides is 1. The Morgan fingerprint density at radius 2 is 1.96 bits per heavy atom. The zero-order chi connectivity index (χ0) is 16.4. The van der Waals surface area contributed by atoms with Crippen molar-refractivity contribution in [2.24, 2.45) is 11.3 Å². The number of Topliss-reactive ketones (excluding diaryl/α,β-unsaturated/α-hetero) is 1. The van der Waals surface area contributed by atoms with Crippen LogP contribution in [0.5, 0.6) is 0 Å². The van der Waals surface area contributed by atoms with Gasteiger partial charge in [0.1, 0.15) is 6.61 Å². The first kappa shape index (κ1) is 16.0. The quantitative estimate of drug-likeness (QED) is 0.840. The van der Waals surface area contributed by atoms with Gasteiger partial charge in [-0.1, -0.05) is 37.3 Å². The molecular formula is C18H22FNO3. The Bertz CT molecular complexity index is 581. The molecule has 1 aliphatic carbocycles. The van der Waals surface area contributed by atoms with Crippen LogP contribution >= 0.6 is 0 Å². The molecule has 1 spiro atoms. The van der Waals surface area contributed by atoms with Crippen molar-refractivity contribution in [2.75, 3.05) is 13.1 Å². The average molecular weight is 319 g/mol. The topological polar surface area (TPSA) is 46.6 Å². The minimum absolute atomic E-state index is 0.209. The second-order valence-electron chi connectivity index (χ2n) is 6.75. The molecule has 0 radical (unpaired) electrons. The van der Waals surface area contributed by atoms with E-state index in [1.807, 2.05) is 30.3 Å². The second-order valence-corrected chi connectivity index (χ2v) is 6.75. The van der Waals surface area contributed by atoms with Gasteiger partial charge in [0.05, 0.1) is 0 Å². The number of alkyl halides is 1. The largest absolute Gasteiger partial charge is 0.445 e. The molecule has 23 heavy (non-hydrogen) atoms. The highest BCUT2D eigenvalue weighted by molar-refractivity contribution is 5.91. The van der Waals surface area contributed by atoms with E-state index >= 15 is 0 Å². The number of nitrogens with zero attached hydrogens (tertiary/aromatic N) is 1. The van der Waals surface area contributed by atoms with Crippen LogP contribution in [0.3, 0.4) is 0 Å². The van der Waals surface area contributed by atoms with Crippen LogP contribution in [0, 0.1) is 11.3 Å². The van der Waals surface area contributed by atoms with Gasteiger partial charge in [-0.2, -0.15) is 0 Å². The van der Waals surface area contributed by atoms with Gasteiger partial charge in [-0.3, -0.25) is 4.79 Å². The van der Waals surface area contributed by atoms with Crippen LogP contribution in [0.4, 0.5) is 9.18 Å². The van der Waals surface area contributed by atoms with Crippen LogP contribution in [-0.4, -0.2) is 36.0 Å². The van der Waals surface area contributed by atoms with Gasteiger partial charge in [-0.15, -0.1) is 0 Å². The summed E-state index contributed by atoms with van der Waals surface area (Å²) in [5, 5.41) is 0. The highest BCUT2D eigenvalue weighted by Gasteiger charge is 2.53. The number of piperidine rings is 1. The van der Waals surface area contributed by atoms with Gasteiger partial charge in [-0.25, -0.2) is 9.18 Å². The van der Waals surface area contributed by atoms with Crippen LogP contribution in [0.15, 0.2) is 30.3 Å². The van der Waals surface area contributed by atoms with Crippen LogP contribution < -0.4 is 0 Å². The molecule has 0 N–H and O–H groups in total. The SMILES string of the molecule is C[C@@H]1CC2(CCN(C(=O)OCc3ccccc3)CC2)C(=O)[C@H]1F. The molecule has 1 saturated carbocycles. The van der Waals surface area contributed by atoms with Gasteiger partial charge < -0.3 is 9.64 Å². The first-order valence-corrected chi connectivity index (χ1v) is 8.16. The molecule has 0 aromatic heterocycles. The van der Waals surface area contributed by atoms with Crippen molar-refractivity contribution in [3.63, 3.8) is 0 Å². The smallest absolute Gasteiger partial charge is 0.410 e. The summed E-state index contributed by atoms with van der Waals surface area (Å²) in [5.41, 5.74) is 0.379. The van der Waals surface area contributed by atoms with Gasteiger partial charge >= 0.3 is 6.09 Å². The molecule has 2 aliphatic rings. The van der Waals surface area contributed by atoms with Crippen LogP contribution in [0.25, 0.3) is 0 Å². The molecule has 1 heterocycles. The van der Waals surface area contributed by atoms with Crippen molar-refractivity contribution in [3.05, 3.63) is 35.9 Å². The Labute approximate surface area is 135 Å². The monoisotopic (exact) mass is 319 g/mol. The molecule has 124 valence electrons. The number of ether oxygens (including phenoxy) is 1. The van der Waals surface area contributed by atoms with Gasteiger partial charge in [0.2, 0.25) is 0 Å². The summed E-state index contributed by atoms with van der Waals surface area (Å²) in [6.07, 6.45) is -0.0286. The summed E-state index contributed by atoms with van der Waals surface area (Å²) in [7, 11) is 0. The fraction of sp³-hybridized carbons (Fsp3) is 0.556. The van der Waals surface area contributed by atoms with E-state index in [1.54, 1.807) is 11.8 Å². The summed E-state index contributed by atoms with van der Waals surface area (Å²) in [4.78, 5) is 25.9. The second kappa shape index (κ2) is 6.30. The first-order chi connectivity index (χ1) is 11.0. The number of likely N-dealkylation sites (tertiary alicyclic amines) is 1. The zero-order valence-electron chi connectivity index (χ0n) is 13.3. The molecule has 2 fully saturated rings. The lowest BCUT2D eigenvalue weighted by atomic mass is 9.76. The average Bonchev–Trinajstić information content (AvgIpc) is 2.78. The van der Waals surface area contributed by atoms with E-state index in [1.165, 1.54) is 0 Å². The van der Waals surface area contributed by atoms with Crippen molar-refractivity contribution in [1.82, 2.24) is 4.90 Å². The molecule has 3 rings (SSSR count). The van der Waals surface area contributed by atoms with Crippen LogP contribution in [0.1, 0.15) is 31.7 Å². The lowest BCUT2D eigenvalue weighted by Crippen LogP contribution is -2.45. The van der Waals surface area contributed by atoms with E-state index in [9.17, 15) is 14.0 Å². The number of carbonyl (C=O) groups is 2. The molecule has 1 aromatic carbocycles. The number of benzene rings is 1. The minimum Gasteiger partial charge on any atom is -0.445 e. The molecule has 0 bridgehead atoms. The highest BCUT2D eigenvalue weighted by atomic mass is 19.1. The van der Waals surface area contributed by atoms with Gasteiger partial charge in [-0.05, 0) is 30.7 Å². The van der Waals surface area contributed by atoms with Crippen molar-refractivity contribution in [2.45, 2.75) is 39.0 Å². The third-order valence-electron chi connectivity index (χ3n) is 5.17. The lowest BCUT2D eigenvalue weighted by Gasteiger charge is -2.37. The fourth-order valence-corrected chi connectivity index (χ4v) is 3.75. The van der Waals surface area contributed by atoms with E-state index in [4.69, 9.17) is 4.74 Å². The Morgan fingerprint density at radius 1 is 1.30 bits per heavy atom. The van der Waals surface area contributed by atoms with Gasteiger partial charge in [0, 0.05) is 18.5 Å². The number of hydrogen-bond acceptors (Lipinski definition) is 3. The Morgan fingerprint density at radius 3 is 2.52 bits per heavy atom. The zero-order valence-corrected chi connectivity index (χ0v) is 13.3. The van der Waals surface area contributed by atoms with E-state index < -0.39 is 11.6 Å². The maximum Gasteiger partial charge on any atom is 0.410 e. The van der Waals surface area contributed by atoms with E-state index in [-0.39, 0.29) is 24.4 Å². The predicted molar refractivity (Wildman–Crippen MR) is 83.6 cm³/mol. The summed E-state index contributed by atoms with van der Waals surface area (Å²) in [6, 6.07) is 9.51. The van der Waals surface area contributed by atoms with Crippen molar-refractivity contribution in [1.29, 1.82) is 0 Å². The Balaban J connectivity index is 1.53. The molecule has 1 amide bonds. The fourth-order valence-electron chi connectivity index (χ4n) is 3.75. The van der Waals surface area contributed by atoms with Gasteiger partial charge in [0.15, 0.2) is 12.0 Å². The molecule has 1 saturated heterocycles. The van der Waals surface area contributed by atoms with E-state index in [0.29, 0.717) is 32.4 Å². The van der Waals surface area contributed by atoms with E-state index in [2.05, 4.69) is 0 Å². The maximum atomic E-state index is 13.8. The molecule has 1 aromatic rings. The Hall–Kier alpha value is -1.91. The first-order valence-electron chi connectivity index (χ1n) is 8.16. The minimum atomic E-state index is -1.34. The van der Waals surface area contributed by atoms with Crippen molar-refractivity contribution >= 4 is 11.9 Å². The summed E-state index contributed by atoms with van der Waals surface area (Å²) in [5.74, 6) is -0.471. The number of halogens is 1. The summed E-state index contributed by atoms with van der Waals surface area (Å²) < 4.78 is 19.2. The number of rotatable bonds is 2. The normalized spacial score (nSPS) is 26.5. The molecule has 2 atom stereocenters. The molecule has 4 nitrogen and oxygen atoms in total. The molecular weight excluding hydrogens is 297 g/mol. The van der Waals surface area contributed by atoms with Gasteiger partial charge in [0.25, 0.3) is 0 Å². The van der Waals surface area contributed by atoms with E-state index in [0.717, 1.165) is 5.56 Å². The standard InChI is InChI=1S/C18H22FNO3/c1-13-11-18(16(21)15(13)19)7-9-20(10-8-18)17(22)23-12-14-5-3-2-4-6-14/h2-6,13,15H,7-12H2,1H3/t13-,15+/m1/s1. The van der Waals surface area contributed by atoms with Crippen molar-refractivity contribution in [3.8, 4) is 0 Å². The molecule has 1 aliphatic heterocycles. The number of ketones is 1. The highest BCUT2D eigenvalue weighted by Crippen LogP contribution is 2.47. The summed E-state index contributed by atoms with van der Waals surface area (Å²) >= 11 is 0. The third-order valence-corrected chi connectivity index (χ3v) is 5.17. The van der Waals surface area contributed by atoms with Crippen LogP contribution in [-0.2, 0) is 16.1 Å². The molecule has 5 heteroatoms. The molecule has 0 unspecified atom stereocenters. The number of carbonyl (C=O) groups excluding carboxylic acids is 2. The maximum absolute atomic E-state index is 13.8.